The molecule has 0 aliphatic carbocycles. The maximum Gasteiger partial charge on any atom is 0.222 e. The molecule has 0 bridgehead atoms. The monoisotopic (exact) mass is 281 g/mol. The van der Waals surface area contributed by atoms with Crippen molar-refractivity contribution in [3.05, 3.63) is 34.3 Å². The minimum Gasteiger partial charge on any atom is -0.393 e. The average Bonchev–Trinajstić information content (AvgIpc) is 2.40. The number of hydrogen-bond acceptors (Lipinski definition) is 2. The van der Waals surface area contributed by atoms with E-state index in [1.165, 1.54) is 0 Å². The molecule has 1 fully saturated rings. The molecular formula is C15H20ClNO2. The fourth-order valence-corrected chi connectivity index (χ4v) is 2.52. The highest BCUT2D eigenvalue weighted by Gasteiger charge is 2.20. The summed E-state index contributed by atoms with van der Waals surface area (Å²) in [5, 5.41) is 10.2. The highest BCUT2D eigenvalue weighted by Crippen LogP contribution is 2.18. The van der Waals surface area contributed by atoms with Gasteiger partial charge in [-0.15, -0.1) is 0 Å². The van der Waals surface area contributed by atoms with Gasteiger partial charge >= 0.3 is 0 Å². The van der Waals surface area contributed by atoms with Gasteiger partial charge in [-0.1, -0.05) is 23.7 Å². The molecule has 104 valence electrons. The molecule has 1 aromatic rings. The zero-order valence-electron chi connectivity index (χ0n) is 11.2. The number of benzene rings is 1. The molecule has 1 saturated heterocycles. The summed E-state index contributed by atoms with van der Waals surface area (Å²) in [6.45, 7) is 3.32. The van der Waals surface area contributed by atoms with Gasteiger partial charge in [-0.2, -0.15) is 0 Å². The minimum atomic E-state index is -0.236. The molecule has 0 saturated carbocycles. The highest BCUT2D eigenvalue weighted by molar-refractivity contribution is 6.31. The molecule has 1 aromatic carbocycles. The Kier molecular flexibility index (Phi) is 4.83. The third-order valence-corrected chi connectivity index (χ3v) is 4.09. The van der Waals surface area contributed by atoms with E-state index < -0.39 is 0 Å². The standard InChI is InChI=1S/C15H20ClNO2/c1-11-2-3-12(10-14(11)16)4-5-15(19)17-8-6-13(18)7-9-17/h2-3,10,13,18H,4-9H2,1H3. The fourth-order valence-electron chi connectivity index (χ4n) is 2.32. The van der Waals surface area contributed by atoms with Gasteiger partial charge in [0.05, 0.1) is 6.10 Å². The SMILES string of the molecule is Cc1ccc(CCC(=O)N2CCC(O)CC2)cc1Cl. The van der Waals surface area contributed by atoms with Crippen LogP contribution in [0.5, 0.6) is 0 Å². The van der Waals surface area contributed by atoms with Crippen molar-refractivity contribution < 1.29 is 9.90 Å². The van der Waals surface area contributed by atoms with E-state index in [0.29, 0.717) is 32.4 Å². The number of rotatable bonds is 3. The first-order valence-corrected chi connectivity index (χ1v) is 7.15. The van der Waals surface area contributed by atoms with Gasteiger partial charge in [0.25, 0.3) is 0 Å². The van der Waals surface area contributed by atoms with Gasteiger partial charge < -0.3 is 10.0 Å². The Morgan fingerprint density at radius 2 is 2.11 bits per heavy atom. The Hall–Kier alpha value is -1.06. The molecule has 4 heteroatoms. The number of carbonyl (C=O) groups is 1. The van der Waals surface area contributed by atoms with E-state index >= 15 is 0 Å². The van der Waals surface area contributed by atoms with Gasteiger partial charge in [0.1, 0.15) is 0 Å². The van der Waals surface area contributed by atoms with Crippen LogP contribution in [0.4, 0.5) is 0 Å². The Morgan fingerprint density at radius 1 is 1.42 bits per heavy atom. The topological polar surface area (TPSA) is 40.5 Å². The number of aliphatic hydroxyl groups excluding tert-OH is 1. The largest absolute Gasteiger partial charge is 0.393 e. The second-order valence-electron chi connectivity index (χ2n) is 5.20. The number of hydrogen-bond donors (Lipinski definition) is 1. The third-order valence-electron chi connectivity index (χ3n) is 3.68. The van der Waals surface area contributed by atoms with Gasteiger partial charge in [-0.05, 0) is 43.4 Å². The molecule has 19 heavy (non-hydrogen) atoms. The number of halogens is 1. The van der Waals surface area contributed by atoms with Gasteiger partial charge in [0, 0.05) is 24.5 Å². The third kappa shape index (κ3) is 3.95. The van der Waals surface area contributed by atoms with Crippen LogP contribution in [0.15, 0.2) is 18.2 Å². The molecule has 0 atom stereocenters. The first-order chi connectivity index (χ1) is 9.06. The van der Waals surface area contributed by atoms with Crippen LogP contribution >= 0.6 is 11.6 Å². The van der Waals surface area contributed by atoms with Crippen molar-refractivity contribution in [2.24, 2.45) is 0 Å². The molecule has 0 unspecified atom stereocenters. The minimum absolute atomic E-state index is 0.170. The number of nitrogens with zero attached hydrogens (tertiary/aromatic N) is 1. The lowest BCUT2D eigenvalue weighted by Crippen LogP contribution is -2.40. The van der Waals surface area contributed by atoms with E-state index in [4.69, 9.17) is 11.6 Å². The lowest BCUT2D eigenvalue weighted by molar-refractivity contribution is -0.133. The lowest BCUT2D eigenvalue weighted by Gasteiger charge is -2.29. The molecule has 1 heterocycles. The summed E-state index contributed by atoms with van der Waals surface area (Å²) in [7, 11) is 0. The van der Waals surface area contributed by atoms with Crippen molar-refractivity contribution in [2.75, 3.05) is 13.1 Å². The van der Waals surface area contributed by atoms with Gasteiger partial charge in [-0.25, -0.2) is 0 Å². The second-order valence-corrected chi connectivity index (χ2v) is 5.60. The zero-order chi connectivity index (χ0) is 13.8. The predicted molar refractivity (Wildman–Crippen MR) is 76.3 cm³/mol. The van der Waals surface area contributed by atoms with Crippen molar-refractivity contribution in [3.8, 4) is 0 Å². The first-order valence-electron chi connectivity index (χ1n) is 6.77. The number of piperidine rings is 1. The van der Waals surface area contributed by atoms with Gasteiger partial charge in [0.15, 0.2) is 0 Å². The molecule has 0 aromatic heterocycles. The fraction of sp³-hybridized carbons (Fsp3) is 0.533. The quantitative estimate of drug-likeness (QED) is 0.925. The van der Waals surface area contributed by atoms with Crippen molar-refractivity contribution in [1.29, 1.82) is 0 Å². The van der Waals surface area contributed by atoms with E-state index in [0.717, 1.165) is 22.6 Å². The van der Waals surface area contributed by atoms with Crippen molar-refractivity contribution in [2.45, 2.75) is 38.7 Å². The molecular weight excluding hydrogens is 262 g/mol. The summed E-state index contributed by atoms with van der Waals surface area (Å²) in [6.07, 6.45) is 2.39. The smallest absolute Gasteiger partial charge is 0.222 e. The summed E-state index contributed by atoms with van der Waals surface area (Å²) in [6, 6.07) is 5.94. The molecule has 2 rings (SSSR count). The summed E-state index contributed by atoms with van der Waals surface area (Å²) >= 11 is 6.07. The lowest BCUT2D eigenvalue weighted by atomic mass is 10.0. The van der Waals surface area contributed by atoms with Crippen LogP contribution in [-0.2, 0) is 11.2 Å². The van der Waals surface area contributed by atoms with E-state index in [1.807, 2.05) is 30.0 Å². The van der Waals surface area contributed by atoms with Crippen LogP contribution in [0.1, 0.15) is 30.4 Å². The van der Waals surface area contributed by atoms with Crippen LogP contribution < -0.4 is 0 Å². The predicted octanol–water partition coefficient (Wildman–Crippen LogP) is 2.56. The van der Waals surface area contributed by atoms with E-state index in [2.05, 4.69) is 0 Å². The summed E-state index contributed by atoms with van der Waals surface area (Å²) in [5.41, 5.74) is 2.16. The maximum absolute atomic E-state index is 12.0. The maximum atomic E-state index is 12.0. The van der Waals surface area contributed by atoms with Crippen molar-refractivity contribution in [1.82, 2.24) is 4.90 Å². The molecule has 1 amide bonds. The first kappa shape index (κ1) is 14.4. The van der Waals surface area contributed by atoms with Crippen LogP contribution in [-0.4, -0.2) is 35.1 Å². The number of aryl methyl sites for hydroxylation is 2. The Balaban J connectivity index is 1.84. The summed E-state index contributed by atoms with van der Waals surface area (Å²) in [4.78, 5) is 13.9. The van der Waals surface area contributed by atoms with Crippen LogP contribution in [0.25, 0.3) is 0 Å². The van der Waals surface area contributed by atoms with E-state index in [-0.39, 0.29) is 12.0 Å². The van der Waals surface area contributed by atoms with Crippen LogP contribution in [0.2, 0.25) is 5.02 Å². The number of carbonyl (C=O) groups excluding carboxylic acids is 1. The number of likely N-dealkylation sites (tertiary alicyclic amines) is 1. The highest BCUT2D eigenvalue weighted by atomic mass is 35.5. The summed E-state index contributed by atoms with van der Waals surface area (Å²) < 4.78 is 0. The molecule has 1 aliphatic rings. The zero-order valence-corrected chi connectivity index (χ0v) is 12.0. The van der Waals surface area contributed by atoms with Gasteiger partial charge in [-0.3, -0.25) is 4.79 Å². The number of amides is 1. The van der Waals surface area contributed by atoms with Crippen molar-refractivity contribution >= 4 is 17.5 Å². The molecule has 1 N–H and O–H groups in total. The number of aliphatic hydroxyl groups is 1. The van der Waals surface area contributed by atoms with Crippen molar-refractivity contribution in [3.63, 3.8) is 0 Å². The Bertz CT molecular complexity index is 453. The normalized spacial score (nSPS) is 16.7. The van der Waals surface area contributed by atoms with Gasteiger partial charge in [0.2, 0.25) is 5.91 Å². The average molecular weight is 282 g/mol. The molecule has 0 radical (unpaired) electrons. The van der Waals surface area contributed by atoms with E-state index in [1.54, 1.807) is 0 Å². The van der Waals surface area contributed by atoms with Crippen LogP contribution in [0, 0.1) is 6.92 Å². The molecule has 0 spiro atoms. The Labute approximate surface area is 119 Å². The molecule has 1 aliphatic heterocycles. The second kappa shape index (κ2) is 6.40. The Morgan fingerprint density at radius 3 is 2.74 bits per heavy atom. The molecule has 3 nitrogen and oxygen atoms in total. The summed E-state index contributed by atoms with van der Waals surface area (Å²) in [5.74, 6) is 0.170. The van der Waals surface area contributed by atoms with Crippen LogP contribution in [0.3, 0.4) is 0 Å². The van der Waals surface area contributed by atoms with E-state index in [9.17, 15) is 9.90 Å².